The van der Waals surface area contributed by atoms with E-state index in [9.17, 15) is 13.2 Å². The molecule has 0 saturated carbocycles. The summed E-state index contributed by atoms with van der Waals surface area (Å²) in [6, 6.07) is 29.7. The molecule has 36 heavy (non-hydrogen) atoms. The fourth-order valence-corrected chi connectivity index (χ4v) is 6.01. The zero-order valence-electron chi connectivity index (χ0n) is 19.3. The summed E-state index contributed by atoms with van der Waals surface area (Å²) in [5, 5.41) is 3.18. The highest BCUT2D eigenvalue weighted by Crippen LogP contribution is 2.36. The third-order valence-electron chi connectivity index (χ3n) is 5.16. The number of nitrogens with zero attached hydrogens (tertiary/aromatic N) is 1. The van der Waals surface area contributed by atoms with E-state index in [0.29, 0.717) is 10.7 Å². The van der Waals surface area contributed by atoms with E-state index in [1.807, 2.05) is 48.5 Å². The number of anilines is 2. The Morgan fingerprint density at radius 3 is 2.25 bits per heavy atom. The SMILES string of the molecule is COc1ccc(Cl)cc1N(CC(=O)Nc1ccccc1Sc1ccccc1)S(=O)(=O)c1ccccc1. The zero-order valence-corrected chi connectivity index (χ0v) is 21.7. The van der Waals surface area contributed by atoms with Gasteiger partial charge in [-0.05, 0) is 54.6 Å². The Labute approximate surface area is 219 Å². The molecule has 0 aliphatic heterocycles. The van der Waals surface area contributed by atoms with Crippen LogP contribution in [0.4, 0.5) is 11.4 Å². The molecule has 0 heterocycles. The first kappa shape index (κ1) is 25.6. The molecule has 0 radical (unpaired) electrons. The smallest absolute Gasteiger partial charge is 0.264 e. The Bertz CT molecular complexity index is 1450. The maximum absolute atomic E-state index is 13.7. The minimum atomic E-state index is -4.12. The quantitative estimate of drug-likeness (QED) is 0.269. The van der Waals surface area contributed by atoms with Crippen molar-refractivity contribution in [1.29, 1.82) is 0 Å². The molecule has 0 fully saturated rings. The lowest BCUT2D eigenvalue weighted by Crippen LogP contribution is -2.38. The summed E-state index contributed by atoms with van der Waals surface area (Å²) in [5.74, 6) is -0.246. The van der Waals surface area contributed by atoms with Gasteiger partial charge < -0.3 is 10.1 Å². The second-order valence-electron chi connectivity index (χ2n) is 7.60. The molecule has 0 spiro atoms. The number of amides is 1. The fraction of sp³-hybridized carbons (Fsp3) is 0.0741. The first-order valence-corrected chi connectivity index (χ1v) is 13.5. The monoisotopic (exact) mass is 538 g/mol. The van der Waals surface area contributed by atoms with Crippen molar-refractivity contribution in [2.75, 3.05) is 23.3 Å². The van der Waals surface area contributed by atoms with Crippen molar-refractivity contribution in [3.05, 3.63) is 108 Å². The Kier molecular flexibility index (Phi) is 8.20. The minimum Gasteiger partial charge on any atom is -0.495 e. The van der Waals surface area contributed by atoms with Gasteiger partial charge in [0.1, 0.15) is 12.3 Å². The number of hydrogen-bond donors (Lipinski definition) is 1. The number of carbonyl (C=O) groups is 1. The molecule has 4 aromatic rings. The summed E-state index contributed by atoms with van der Waals surface area (Å²) in [7, 11) is -2.69. The van der Waals surface area contributed by atoms with Gasteiger partial charge in [-0.2, -0.15) is 0 Å². The van der Waals surface area contributed by atoms with Crippen molar-refractivity contribution >= 4 is 50.7 Å². The van der Waals surface area contributed by atoms with Crippen LogP contribution in [0.3, 0.4) is 0 Å². The maximum atomic E-state index is 13.7. The molecular formula is C27H23ClN2O4S2. The predicted octanol–water partition coefficient (Wildman–Crippen LogP) is 6.33. The number of rotatable bonds is 9. The van der Waals surface area contributed by atoms with Crippen LogP contribution >= 0.6 is 23.4 Å². The van der Waals surface area contributed by atoms with Crippen LogP contribution in [-0.4, -0.2) is 28.0 Å². The van der Waals surface area contributed by atoms with Crippen molar-refractivity contribution in [2.45, 2.75) is 14.7 Å². The van der Waals surface area contributed by atoms with E-state index in [1.165, 1.54) is 37.1 Å². The number of hydrogen-bond acceptors (Lipinski definition) is 5. The van der Waals surface area contributed by atoms with Gasteiger partial charge in [0.2, 0.25) is 5.91 Å². The van der Waals surface area contributed by atoms with Crippen molar-refractivity contribution in [2.24, 2.45) is 0 Å². The number of carbonyl (C=O) groups excluding carboxylic acids is 1. The third-order valence-corrected chi connectivity index (χ3v) is 8.25. The van der Waals surface area contributed by atoms with Gasteiger partial charge in [-0.15, -0.1) is 0 Å². The Morgan fingerprint density at radius 2 is 1.56 bits per heavy atom. The largest absolute Gasteiger partial charge is 0.495 e. The number of halogens is 1. The molecular weight excluding hydrogens is 516 g/mol. The zero-order chi connectivity index (χ0) is 25.5. The van der Waals surface area contributed by atoms with Gasteiger partial charge in [-0.1, -0.05) is 71.9 Å². The Morgan fingerprint density at radius 1 is 0.917 bits per heavy atom. The summed E-state index contributed by atoms with van der Waals surface area (Å²) >= 11 is 7.70. The summed E-state index contributed by atoms with van der Waals surface area (Å²) in [6.07, 6.45) is 0. The van der Waals surface area contributed by atoms with E-state index < -0.39 is 22.5 Å². The molecule has 0 saturated heterocycles. The molecule has 4 aromatic carbocycles. The lowest BCUT2D eigenvalue weighted by atomic mass is 10.3. The van der Waals surface area contributed by atoms with E-state index in [4.69, 9.17) is 16.3 Å². The molecule has 184 valence electrons. The van der Waals surface area contributed by atoms with Gasteiger partial charge in [0.05, 0.1) is 23.4 Å². The van der Waals surface area contributed by atoms with Crippen molar-refractivity contribution < 1.29 is 17.9 Å². The highest BCUT2D eigenvalue weighted by molar-refractivity contribution is 7.99. The average molecular weight is 539 g/mol. The summed E-state index contributed by atoms with van der Waals surface area (Å²) in [5.41, 5.74) is 0.738. The Balaban J connectivity index is 1.67. The number of sulfonamides is 1. The number of benzene rings is 4. The topological polar surface area (TPSA) is 75.7 Å². The van der Waals surface area contributed by atoms with Crippen LogP contribution in [0, 0.1) is 0 Å². The van der Waals surface area contributed by atoms with Crippen LogP contribution in [0.1, 0.15) is 0 Å². The van der Waals surface area contributed by atoms with Gasteiger partial charge in [-0.3, -0.25) is 9.10 Å². The van der Waals surface area contributed by atoms with Crippen molar-refractivity contribution in [3.8, 4) is 5.75 Å². The summed E-state index contributed by atoms with van der Waals surface area (Å²) in [6.45, 7) is -0.488. The first-order chi connectivity index (χ1) is 17.4. The van der Waals surface area contributed by atoms with Crippen LogP contribution in [0.25, 0.3) is 0 Å². The second-order valence-corrected chi connectivity index (χ2v) is 11.0. The van der Waals surface area contributed by atoms with Crippen molar-refractivity contribution in [3.63, 3.8) is 0 Å². The molecule has 0 bridgehead atoms. The third kappa shape index (κ3) is 6.02. The second kappa shape index (κ2) is 11.5. The van der Waals surface area contributed by atoms with E-state index in [1.54, 1.807) is 36.4 Å². The molecule has 0 atom stereocenters. The van der Waals surface area contributed by atoms with Gasteiger partial charge in [-0.25, -0.2) is 8.42 Å². The van der Waals surface area contributed by atoms with Gasteiger partial charge in [0.25, 0.3) is 10.0 Å². The first-order valence-electron chi connectivity index (χ1n) is 10.9. The number of methoxy groups -OCH3 is 1. The van der Waals surface area contributed by atoms with E-state index in [2.05, 4.69) is 5.32 Å². The minimum absolute atomic E-state index is 0.0415. The highest BCUT2D eigenvalue weighted by Gasteiger charge is 2.30. The number of nitrogens with one attached hydrogen (secondary N) is 1. The lowest BCUT2D eigenvalue weighted by Gasteiger charge is -2.26. The van der Waals surface area contributed by atoms with E-state index in [0.717, 1.165) is 14.1 Å². The molecule has 1 N–H and O–H groups in total. The van der Waals surface area contributed by atoms with Gasteiger partial charge >= 0.3 is 0 Å². The van der Waals surface area contributed by atoms with Crippen LogP contribution in [0.5, 0.6) is 5.75 Å². The Hall–Kier alpha value is -3.46. The van der Waals surface area contributed by atoms with E-state index in [-0.39, 0.29) is 16.3 Å². The lowest BCUT2D eigenvalue weighted by molar-refractivity contribution is -0.114. The van der Waals surface area contributed by atoms with Gasteiger partial charge in [0.15, 0.2) is 0 Å². The van der Waals surface area contributed by atoms with Gasteiger partial charge in [0, 0.05) is 14.8 Å². The fourth-order valence-electron chi connectivity index (χ4n) is 3.47. The molecule has 0 aromatic heterocycles. The summed E-state index contributed by atoms with van der Waals surface area (Å²) < 4.78 is 33.7. The molecule has 0 aliphatic rings. The maximum Gasteiger partial charge on any atom is 0.264 e. The standard InChI is InChI=1S/C27H23ClN2O4S2/c1-34-25-17-16-20(28)18-24(25)30(36(32,33)22-12-6-3-7-13-22)19-27(31)29-23-14-8-9-15-26(23)35-21-10-4-2-5-11-21/h2-18H,19H2,1H3,(H,29,31). The molecule has 9 heteroatoms. The predicted molar refractivity (Wildman–Crippen MR) is 145 cm³/mol. The summed E-state index contributed by atoms with van der Waals surface area (Å²) in [4.78, 5) is 15.1. The van der Waals surface area contributed by atoms with Crippen LogP contribution < -0.4 is 14.4 Å². The average Bonchev–Trinajstić information content (AvgIpc) is 2.89. The number of para-hydroxylation sites is 1. The molecule has 0 unspecified atom stereocenters. The molecule has 4 rings (SSSR count). The number of ether oxygens (including phenoxy) is 1. The molecule has 0 aliphatic carbocycles. The molecule has 6 nitrogen and oxygen atoms in total. The molecule has 1 amide bonds. The van der Waals surface area contributed by atoms with E-state index >= 15 is 0 Å². The normalized spacial score (nSPS) is 11.1. The van der Waals surface area contributed by atoms with Crippen LogP contribution in [-0.2, 0) is 14.8 Å². The highest BCUT2D eigenvalue weighted by atomic mass is 35.5. The van der Waals surface area contributed by atoms with Crippen molar-refractivity contribution in [1.82, 2.24) is 0 Å². The van der Waals surface area contributed by atoms with Crippen LogP contribution in [0.2, 0.25) is 5.02 Å². The van der Waals surface area contributed by atoms with Crippen LogP contribution in [0.15, 0.2) is 118 Å².